The second kappa shape index (κ2) is 6.49. The predicted octanol–water partition coefficient (Wildman–Crippen LogP) is 2.83. The van der Waals surface area contributed by atoms with Crippen molar-refractivity contribution in [3.63, 3.8) is 0 Å². The first kappa shape index (κ1) is 17.1. The minimum atomic E-state index is -4.65. The maximum Gasteiger partial charge on any atom is 0.416 e. The van der Waals surface area contributed by atoms with Gasteiger partial charge in [-0.1, -0.05) is 36.4 Å². The molecule has 0 aliphatic rings. The Labute approximate surface area is 130 Å². The Hall–Kier alpha value is -2.22. The molecule has 0 bridgehead atoms. The van der Waals surface area contributed by atoms with Gasteiger partial charge >= 0.3 is 6.18 Å². The standard InChI is InChI=1S/C16H14F3NO3/c1-10(21)15(11-5-3-2-4-6-11)13-8-7-12(16(17,18)19)9-14(13)20(22)23/h2-9,15,20,22H,1H3. The van der Waals surface area contributed by atoms with Crippen LogP contribution in [0, 0.1) is 5.21 Å². The fourth-order valence-corrected chi connectivity index (χ4v) is 2.45. The highest BCUT2D eigenvalue weighted by Gasteiger charge is 2.34. The van der Waals surface area contributed by atoms with Gasteiger partial charge in [0.15, 0.2) is 5.69 Å². The molecular formula is C16H14F3NO3. The number of alkyl halides is 3. The van der Waals surface area contributed by atoms with Crippen LogP contribution >= 0.6 is 0 Å². The van der Waals surface area contributed by atoms with E-state index in [1.165, 1.54) is 6.92 Å². The lowest BCUT2D eigenvalue weighted by Gasteiger charge is -2.22. The minimum absolute atomic E-state index is 0.0456. The van der Waals surface area contributed by atoms with Gasteiger partial charge in [-0.05, 0) is 18.6 Å². The molecule has 0 heterocycles. The van der Waals surface area contributed by atoms with Crippen LogP contribution in [-0.2, 0) is 11.0 Å². The summed E-state index contributed by atoms with van der Waals surface area (Å²) in [4.78, 5) is 12.0. The number of hydrogen-bond acceptors (Lipinski definition) is 3. The van der Waals surface area contributed by atoms with Crippen molar-refractivity contribution in [2.75, 3.05) is 0 Å². The summed E-state index contributed by atoms with van der Waals surface area (Å²) >= 11 is 0. The van der Waals surface area contributed by atoms with Crippen molar-refractivity contribution < 1.29 is 28.4 Å². The van der Waals surface area contributed by atoms with E-state index in [4.69, 9.17) is 0 Å². The van der Waals surface area contributed by atoms with Crippen molar-refractivity contribution in [2.24, 2.45) is 0 Å². The molecular weight excluding hydrogens is 311 g/mol. The Kier molecular flexibility index (Phi) is 4.84. The molecule has 2 N–H and O–H groups in total. The van der Waals surface area contributed by atoms with E-state index < -0.39 is 28.6 Å². The molecule has 0 spiro atoms. The van der Waals surface area contributed by atoms with Crippen LogP contribution in [0.25, 0.3) is 0 Å². The Morgan fingerprint density at radius 3 is 2.26 bits per heavy atom. The van der Waals surface area contributed by atoms with Gasteiger partial charge in [0.2, 0.25) is 0 Å². The van der Waals surface area contributed by atoms with E-state index in [9.17, 15) is 28.4 Å². The fraction of sp³-hybridized carbons (Fsp3) is 0.188. The first-order valence-corrected chi connectivity index (χ1v) is 6.71. The van der Waals surface area contributed by atoms with Crippen LogP contribution in [0.2, 0.25) is 0 Å². The van der Waals surface area contributed by atoms with E-state index >= 15 is 0 Å². The van der Waals surface area contributed by atoms with Crippen molar-refractivity contribution in [3.8, 4) is 0 Å². The van der Waals surface area contributed by atoms with Crippen molar-refractivity contribution in [1.29, 1.82) is 0 Å². The van der Waals surface area contributed by atoms with Gasteiger partial charge in [0.05, 0.1) is 11.5 Å². The highest BCUT2D eigenvalue weighted by Crippen LogP contribution is 2.35. The number of ketones is 1. The zero-order valence-electron chi connectivity index (χ0n) is 12.1. The molecule has 0 aliphatic carbocycles. The average molecular weight is 325 g/mol. The molecule has 2 atom stereocenters. The summed E-state index contributed by atoms with van der Waals surface area (Å²) in [6, 6.07) is 10.8. The summed E-state index contributed by atoms with van der Waals surface area (Å²) in [7, 11) is 0. The van der Waals surface area contributed by atoms with Gasteiger partial charge in [-0.15, -0.1) is 0 Å². The van der Waals surface area contributed by atoms with Crippen molar-refractivity contribution >= 4 is 11.5 Å². The Bertz CT molecular complexity index is 699. The van der Waals surface area contributed by atoms with Gasteiger partial charge < -0.3 is 5.21 Å². The minimum Gasteiger partial charge on any atom is -0.595 e. The molecule has 0 amide bonds. The summed E-state index contributed by atoms with van der Waals surface area (Å²) < 4.78 is 38.4. The van der Waals surface area contributed by atoms with Gasteiger partial charge in [-0.2, -0.15) is 18.4 Å². The molecule has 2 aromatic rings. The number of carbonyl (C=O) groups is 1. The molecule has 0 radical (unpaired) electrons. The SMILES string of the molecule is CC(=O)C(c1ccccc1)c1ccc(C(F)(F)F)cc1[NH+]([O-])O. The van der Waals surface area contributed by atoms with Crippen molar-refractivity contribution in [2.45, 2.75) is 19.0 Å². The summed E-state index contributed by atoms with van der Waals surface area (Å²) in [6.07, 6.45) is -4.65. The van der Waals surface area contributed by atoms with Crippen molar-refractivity contribution in [1.82, 2.24) is 0 Å². The van der Waals surface area contributed by atoms with E-state index in [0.29, 0.717) is 11.6 Å². The summed E-state index contributed by atoms with van der Waals surface area (Å²) in [6.45, 7) is 1.28. The molecule has 23 heavy (non-hydrogen) atoms. The number of nitrogens with one attached hydrogen (secondary N) is 1. The highest BCUT2D eigenvalue weighted by atomic mass is 19.4. The van der Waals surface area contributed by atoms with Crippen LogP contribution in [0.5, 0.6) is 0 Å². The Morgan fingerprint density at radius 1 is 1.17 bits per heavy atom. The molecule has 2 aromatic carbocycles. The van der Waals surface area contributed by atoms with Gasteiger partial charge in [-0.3, -0.25) is 4.79 Å². The maximum atomic E-state index is 12.8. The van der Waals surface area contributed by atoms with Crippen LogP contribution in [0.1, 0.15) is 29.5 Å². The predicted molar refractivity (Wildman–Crippen MR) is 76.2 cm³/mol. The van der Waals surface area contributed by atoms with E-state index in [0.717, 1.165) is 12.1 Å². The molecule has 0 saturated carbocycles. The zero-order chi connectivity index (χ0) is 17.2. The number of Topliss-reactive ketones (excluding diaryl/α,β-unsaturated/α-hetero) is 1. The highest BCUT2D eigenvalue weighted by molar-refractivity contribution is 5.88. The molecule has 0 aromatic heterocycles. The van der Waals surface area contributed by atoms with Gasteiger partial charge in [0.1, 0.15) is 5.78 Å². The number of rotatable bonds is 4. The van der Waals surface area contributed by atoms with E-state index in [-0.39, 0.29) is 11.3 Å². The smallest absolute Gasteiger partial charge is 0.416 e. The molecule has 2 rings (SSSR count). The zero-order valence-corrected chi connectivity index (χ0v) is 12.1. The summed E-state index contributed by atoms with van der Waals surface area (Å²) in [5.74, 6) is -1.27. The maximum absolute atomic E-state index is 12.8. The molecule has 0 saturated heterocycles. The summed E-state index contributed by atoms with van der Waals surface area (Å²) in [5.41, 5.74) is -1.01. The van der Waals surface area contributed by atoms with Crippen LogP contribution < -0.4 is 5.23 Å². The Morgan fingerprint density at radius 2 is 1.78 bits per heavy atom. The van der Waals surface area contributed by atoms with Gasteiger partial charge in [0, 0.05) is 11.6 Å². The monoisotopic (exact) mass is 325 g/mol. The lowest BCUT2D eigenvalue weighted by molar-refractivity contribution is -0.991. The second-order valence-electron chi connectivity index (χ2n) is 5.06. The Balaban J connectivity index is 2.62. The third-order valence-electron chi connectivity index (χ3n) is 3.46. The summed E-state index contributed by atoms with van der Waals surface area (Å²) in [5, 5.41) is 19.1. The lowest BCUT2D eigenvalue weighted by Crippen LogP contribution is -2.99. The molecule has 122 valence electrons. The third kappa shape index (κ3) is 3.76. The largest absolute Gasteiger partial charge is 0.595 e. The molecule has 4 nitrogen and oxygen atoms in total. The molecule has 2 unspecified atom stereocenters. The average Bonchev–Trinajstić information content (AvgIpc) is 2.47. The fourth-order valence-electron chi connectivity index (χ4n) is 2.45. The van der Waals surface area contributed by atoms with Crippen LogP contribution in [0.3, 0.4) is 0 Å². The number of hydrogen-bond donors (Lipinski definition) is 2. The van der Waals surface area contributed by atoms with Crippen molar-refractivity contribution in [3.05, 3.63) is 70.4 Å². The number of halogens is 3. The number of quaternary nitrogens is 1. The molecule has 7 heteroatoms. The quantitative estimate of drug-likeness (QED) is 0.850. The number of carbonyl (C=O) groups excluding carboxylic acids is 1. The van der Waals surface area contributed by atoms with Gasteiger partial charge in [0.25, 0.3) is 0 Å². The van der Waals surface area contributed by atoms with E-state index in [1.54, 1.807) is 30.3 Å². The molecule has 0 aliphatic heterocycles. The topological polar surface area (TPSA) is 64.8 Å². The first-order chi connectivity index (χ1) is 10.7. The second-order valence-corrected chi connectivity index (χ2v) is 5.06. The lowest BCUT2D eigenvalue weighted by atomic mass is 9.86. The van der Waals surface area contributed by atoms with E-state index in [2.05, 4.69) is 0 Å². The third-order valence-corrected chi connectivity index (χ3v) is 3.46. The normalized spacial score (nSPS) is 14.3. The number of benzene rings is 2. The molecule has 0 fully saturated rings. The van der Waals surface area contributed by atoms with Crippen LogP contribution in [0.4, 0.5) is 18.9 Å². The van der Waals surface area contributed by atoms with Crippen LogP contribution in [0.15, 0.2) is 48.5 Å². The van der Waals surface area contributed by atoms with Gasteiger partial charge in [-0.25, -0.2) is 5.21 Å². The van der Waals surface area contributed by atoms with Crippen LogP contribution in [-0.4, -0.2) is 11.0 Å². The first-order valence-electron chi connectivity index (χ1n) is 6.71. The van der Waals surface area contributed by atoms with E-state index in [1.807, 2.05) is 0 Å².